The first-order chi connectivity index (χ1) is 16.5. The Kier molecular flexibility index (Phi) is 6.78. The number of anilines is 1. The smallest absolute Gasteiger partial charge is 0.203 e. The second kappa shape index (κ2) is 9.50. The van der Waals surface area contributed by atoms with Crippen molar-refractivity contribution in [2.45, 2.75) is 48.0 Å². The Morgan fingerprint density at radius 3 is 2.20 bits per heavy atom. The number of furan rings is 1. The van der Waals surface area contributed by atoms with Crippen LogP contribution in [0.3, 0.4) is 0 Å². The van der Waals surface area contributed by atoms with E-state index in [9.17, 15) is 9.59 Å². The number of nitrogens with zero attached hydrogens (tertiary/aromatic N) is 2. The van der Waals surface area contributed by atoms with Gasteiger partial charge in [0.2, 0.25) is 5.78 Å². The van der Waals surface area contributed by atoms with E-state index in [1.165, 1.54) is 0 Å². The van der Waals surface area contributed by atoms with Crippen LogP contribution in [0.2, 0.25) is 0 Å². The highest BCUT2D eigenvalue weighted by Crippen LogP contribution is 2.32. The van der Waals surface area contributed by atoms with Gasteiger partial charge in [-0.25, -0.2) is 0 Å². The highest BCUT2D eigenvalue weighted by atomic mass is 16.5. The Bertz CT molecular complexity index is 1200. The molecule has 1 saturated heterocycles. The lowest BCUT2D eigenvalue weighted by Gasteiger charge is -2.26. The predicted molar refractivity (Wildman–Crippen MR) is 138 cm³/mol. The number of carbonyl (C=O) groups excluding carboxylic acids is 2. The van der Waals surface area contributed by atoms with E-state index < -0.39 is 10.8 Å². The lowest BCUT2D eigenvalue weighted by molar-refractivity contribution is 0.0806. The monoisotopic (exact) mass is 476 g/mol. The number of benzene rings is 1. The Morgan fingerprint density at radius 2 is 1.57 bits per heavy atom. The van der Waals surface area contributed by atoms with Crippen molar-refractivity contribution in [3.63, 3.8) is 0 Å². The van der Waals surface area contributed by atoms with Crippen LogP contribution in [-0.4, -0.2) is 42.4 Å². The summed E-state index contributed by atoms with van der Waals surface area (Å²) < 4.78 is 13.3. The summed E-state index contributed by atoms with van der Waals surface area (Å²) in [7, 11) is 0. The first-order valence-electron chi connectivity index (χ1n) is 12.3. The molecule has 4 rings (SSSR count). The maximum atomic E-state index is 13.4. The number of hydrogen-bond donors (Lipinski definition) is 0. The number of morpholine rings is 1. The molecule has 0 N–H and O–H groups in total. The first-order valence-corrected chi connectivity index (χ1v) is 12.3. The standard InChI is InChI=1S/C29H36N2O4/c1-20-7-9-22(10-8-20)31-19-21(17-23(31)26(32)28(2,3)4)18-29(5,6)27(33)24-11-12-25(35-24)30-13-15-34-16-14-30/h7-12,17,19H,13-16,18H2,1-6H3. The van der Waals surface area contributed by atoms with Gasteiger partial charge in [0.05, 0.1) is 18.9 Å². The van der Waals surface area contributed by atoms with Crippen LogP contribution in [0.25, 0.3) is 5.69 Å². The zero-order valence-corrected chi connectivity index (χ0v) is 21.7. The number of Topliss-reactive ketones (excluding diaryl/α,β-unsaturated/α-hetero) is 2. The Balaban J connectivity index is 1.61. The van der Waals surface area contributed by atoms with Gasteiger partial charge in [-0.2, -0.15) is 0 Å². The second-order valence-corrected chi connectivity index (χ2v) is 11.1. The van der Waals surface area contributed by atoms with Gasteiger partial charge in [0, 0.05) is 41.9 Å². The van der Waals surface area contributed by atoms with Crippen LogP contribution in [0.5, 0.6) is 0 Å². The van der Waals surface area contributed by atoms with Gasteiger partial charge >= 0.3 is 0 Å². The number of aryl methyl sites for hydroxylation is 1. The van der Waals surface area contributed by atoms with Crippen molar-refractivity contribution < 1.29 is 18.7 Å². The van der Waals surface area contributed by atoms with Gasteiger partial charge in [-0.05, 0) is 43.2 Å². The minimum atomic E-state index is -0.707. The fraction of sp³-hybridized carbons (Fsp3) is 0.448. The molecule has 0 amide bonds. The van der Waals surface area contributed by atoms with E-state index in [0.29, 0.717) is 37.0 Å². The largest absolute Gasteiger partial charge is 0.437 e. The van der Waals surface area contributed by atoms with Crippen molar-refractivity contribution in [1.29, 1.82) is 0 Å². The minimum absolute atomic E-state index is 0.0520. The molecule has 186 valence electrons. The van der Waals surface area contributed by atoms with Gasteiger partial charge < -0.3 is 18.6 Å². The third-order valence-corrected chi connectivity index (χ3v) is 6.50. The topological polar surface area (TPSA) is 64.7 Å². The van der Waals surface area contributed by atoms with E-state index >= 15 is 0 Å². The van der Waals surface area contributed by atoms with Crippen molar-refractivity contribution in [3.8, 4) is 5.69 Å². The van der Waals surface area contributed by atoms with Crippen LogP contribution in [0.1, 0.15) is 66.8 Å². The summed E-state index contributed by atoms with van der Waals surface area (Å²) in [5.41, 5.74) is 2.43. The van der Waals surface area contributed by atoms with Crippen LogP contribution in [0.4, 0.5) is 5.88 Å². The van der Waals surface area contributed by atoms with Gasteiger partial charge in [-0.15, -0.1) is 0 Å². The normalized spacial score (nSPS) is 14.9. The lowest BCUT2D eigenvalue weighted by Crippen LogP contribution is -2.35. The molecule has 0 aliphatic carbocycles. The maximum absolute atomic E-state index is 13.4. The molecule has 0 atom stereocenters. The lowest BCUT2D eigenvalue weighted by atomic mass is 9.81. The summed E-state index contributed by atoms with van der Waals surface area (Å²) >= 11 is 0. The van der Waals surface area contributed by atoms with Gasteiger partial charge in [-0.1, -0.05) is 52.3 Å². The second-order valence-electron chi connectivity index (χ2n) is 11.1. The Morgan fingerprint density at radius 1 is 0.914 bits per heavy atom. The van der Waals surface area contributed by atoms with E-state index in [2.05, 4.69) is 4.90 Å². The van der Waals surface area contributed by atoms with Gasteiger partial charge in [0.25, 0.3) is 0 Å². The van der Waals surface area contributed by atoms with E-state index in [0.717, 1.165) is 29.9 Å². The van der Waals surface area contributed by atoms with Crippen LogP contribution in [-0.2, 0) is 11.2 Å². The summed E-state index contributed by atoms with van der Waals surface area (Å²) in [5.74, 6) is 1.08. The molecular formula is C29H36N2O4. The van der Waals surface area contributed by atoms with Gasteiger partial charge in [0.1, 0.15) is 0 Å². The number of hydrogen-bond acceptors (Lipinski definition) is 5. The SMILES string of the molecule is Cc1ccc(-n2cc(CC(C)(C)C(=O)c3ccc(N4CCOCC4)o3)cc2C(=O)C(C)(C)C)cc1. The summed E-state index contributed by atoms with van der Waals surface area (Å²) in [6, 6.07) is 13.7. The molecule has 1 aliphatic heterocycles. The number of carbonyl (C=O) groups is 2. The van der Waals surface area contributed by atoms with E-state index in [-0.39, 0.29) is 11.6 Å². The quantitative estimate of drug-likeness (QED) is 0.398. The highest BCUT2D eigenvalue weighted by Gasteiger charge is 2.34. The zero-order valence-electron chi connectivity index (χ0n) is 21.7. The van der Waals surface area contributed by atoms with E-state index in [1.54, 1.807) is 6.07 Å². The van der Waals surface area contributed by atoms with Crippen molar-refractivity contribution in [1.82, 2.24) is 4.57 Å². The molecule has 1 fully saturated rings. The van der Waals surface area contributed by atoms with Crippen molar-refractivity contribution in [2.24, 2.45) is 10.8 Å². The third-order valence-electron chi connectivity index (χ3n) is 6.50. The molecule has 0 spiro atoms. The zero-order chi connectivity index (χ0) is 25.4. The van der Waals surface area contributed by atoms with Crippen LogP contribution >= 0.6 is 0 Å². The van der Waals surface area contributed by atoms with E-state index in [4.69, 9.17) is 9.15 Å². The summed E-state index contributed by atoms with van der Waals surface area (Å²) in [6.45, 7) is 14.5. The molecular weight excluding hydrogens is 440 g/mol. The molecule has 0 saturated carbocycles. The first kappa shape index (κ1) is 25.0. The fourth-order valence-electron chi connectivity index (χ4n) is 4.42. The molecule has 0 radical (unpaired) electrons. The molecule has 1 aromatic carbocycles. The van der Waals surface area contributed by atoms with Crippen LogP contribution < -0.4 is 4.90 Å². The third kappa shape index (κ3) is 5.43. The predicted octanol–water partition coefficient (Wildman–Crippen LogP) is 5.90. The number of ketones is 2. The fourth-order valence-corrected chi connectivity index (χ4v) is 4.42. The molecule has 6 nitrogen and oxygen atoms in total. The molecule has 2 aromatic heterocycles. The number of ether oxygens (including phenoxy) is 1. The van der Waals surface area contributed by atoms with Crippen molar-refractivity contribution in [2.75, 3.05) is 31.2 Å². The molecule has 3 heterocycles. The Hall–Kier alpha value is -3.12. The highest BCUT2D eigenvalue weighted by molar-refractivity contribution is 6.00. The van der Waals surface area contributed by atoms with Crippen LogP contribution in [0.15, 0.2) is 53.1 Å². The Labute approximate surface area is 207 Å². The van der Waals surface area contributed by atoms with Crippen LogP contribution in [0, 0.1) is 17.8 Å². The summed E-state index contributed by atoms with van der Waals surface area (Å²) in [5, 5.41) is 0. The average molecular weight is 477 g/mol. The number of rotatable bonds is 7. The molecule has 35 heavy (non-hydrogen) atoms. The molecule has 3 aromatic rings. The van der Waals surface area contributed by atoms with Gasteiger partial charge in [-0.3, -0.25) is 9.59 Å². The van der Waals surface area contributed by atoms with Crippen molar-refractivity contribution in [3.05, 3.63) is 71.2 Å². The average Bonchev–Trinajstić information content (AvgIpc) is 3.46. The van der Waals surface area contributed by atoms with E-state index in [1.807, 2.05) is 88.7 Å². The maximum Gasteiger partial charge on any atom is 0.203 e. The summed E-state index contributed by atoms with van der Waals surface area (Å²) in [4.78, 5) is 28.8. The molecule has 6 heteroatoms. The van der Waals surface area contributed by atoms with Gasteiger partial charge in [0.15, 0.2) is 17.4 Å². The minimum Gasteiger partial charge on any atom is -0.437 e. The van der Waals surface area contributed by atoms with Crippen molar-refractivity contribution >= 4 is 17.5 Å². The summed E-state index contributed by atoms with van der Waals surface area (Å²) in [6.07, 6.45) is 2.47. The number of aromatic nitrogens is 1. The molecule has 0 unspecified atom stereocenters. The molecule has 1 aliphatic rings. The molecule has 0 bridgehead atoms.